The second kappa shape index (κ2) is 8.30. The van der Waals surface area contributed by atoms with E-state index in [0.717, 1.165) is 23.9 Å². The van der Waals surface area contributed by atoms with Crippen LogP contribution in [0.15, 0.2) is 24.3 Å². The summed E-state index contributed by atoms with van der Waals surface area (Å²) in [6, 6.07) is 8.27. The molecule has 0 aliphatic carbocycles. The average Bonchev–Trinajstić information content (AvgIpc) is 2.99. The first-order chi connectivity index (χ1) is 12.0. The Kier molecular flexibility index (Phi) is 6.10. The molecule has 1 aromatic carbocycles. The Labute approximate surface area is 150 Å². The van der Waals surface area contributed by atoms with Crippen molar-refractivity contribution in [3.05, 3.63) is 35.4 Å². The lowest BCUT2D eigenvalue weighted by molar-refractivity contribution is -0.123. The summed E-state index contributed by atoms with van der Waals surface area (Å²) < 4.78 is 0. The van der Waals surface area contributed by atoms with Crippen molar-refractivity contribution < 1.29 is 9.90 Å². The minimum Gasteiger partial charge on any atom is -0.392 e. The van der Waals surface area contributed by atoms with Crippen LogP contribution >= 0.6 is 0 Å². The van der Waals surface area contributed by atoms with Gasteiger partial charge in [0, 0.05) is 32.7 Å². The Bertz CT molecular complexity index is 565. The van der Waals surface area contributed by atoms with E-state index in [4.69, 9.17) is 0 Å². The highest BCUT2D eigenvalue weighted by molar-refractivity contribution is 5.82. The Morgan fingerprint density at radius 1 is 1.16 bits per heavy atom. The number of carbonyl (C=O) groups is 1. The number of piperidine rings is 1. The van der Waals surface area contributed by atoms with Gasteiger partial charge in [-0.05, 0) is 35.8 Å². The molecule has 5 heteroatoms. The summed E-state index contributed by atoms with van der Waals surface area (Å²) in [6.07, 6.45) is 1.43. The zero-order valence-electron chi connectivity index (χ0n) is 15.4. The molecule has 2 heterocycles. The normalized spacial score (nSPS) is 30.4. The highest BCUT2D eigenvalue weighted by atomic mass is 16.3. The smallest absolute Gasteiger partial charge is 0.237 e. The Morgan fingerprint density at radius 2 is 1.80 bits per heavy atom. The zero-order valence-corrected chi connectivity index (χ0v) is 15.4. The molecule has 0 spiro atoms. The minimum atomic E-state index is -0.407. The molecule has 2 aliphatic heterocycles. The molecule has 1 amide bonds. The first kappa shape index (κ1) is 18.4. The van der Waals surface area contributed by atoms with Gasteiger partial charge < -0.3 is 15.7 Å². The van der Waals surface area contributed by atoms with Crippen LogP contribution in [0, 0.1) is 11.8 Å². The largest absolute Gasteiger partial charge is 0.392 e. The maximum Gasteiger partial charge on any atom is 0.237 e. The predicted octanol–water partition coefficient (Wildman–Crippen LogP) is 1.50. The van der Waals surface area contributed by atoms with Crippen LogP contribution < -0.4 is 10.6 Å². The molecule has 3 N–H and O–H groups in total. The number of likely N-dealkylation sites (tertiary alicyclic amines) is 1. The summed E-state index contributed by atoms with van der Waals surface area (Å²) in [6.45, 7) is 9.08. The van der Waals surface area contributed by atoms with Crippen LogP contribution in [0.4, 0.5) is 0 Å². The molecular formula is C20H31N3O2. The molecule has 2 fully saturated rings. The topological polar surface area (TPSA) is 64.6 Å². The van der Waals surface area contributed by atoms with Crippen LogP contribution in [0.25, 0.3) is 0 Å². The van der Waals surface area contributed by atoms with Gasteiger partial charge in [-0.1, -0.05) is 38.1 Å². The number of carbonyl (C=O) groups excluding carboxylic acids is 1. The number of rotatable bonds is 5. The summed E-state index contributed by atoms with van der Waals surface area (Å²) in [4.78, 5) is 14.6. The van der Waals surface area contributed by atoms with E-state index < -0.39 is 6.10 Å². The molecule has 3 rings (SSSR count). The Balaban J connectivity index is 1.46. The van der Waals surface area contributed by atoms with E-state index in [1.807, 2.05) is 0 Å². The van der Waals surface area contributed by atoms with Crippen LogP contribution in [0.2, 0.25) is 0 Å². The van der Waals surface area contributed by atoms with Crippen LogP contribution in [0.1, 0.15) is 37.8 Å². The molecule has 4 unspecified atom stereocenters. The average molecular weight is 345 g/mol. The third-order valence-electron chi connectivity index (χ3n) is 5.26. The van der Waals surface area contributed by atoms with E-state index in [2.05, 4.69) is 53.6 Å². The van der Waals surface area contributed by atoms with Crippen molar-refractivity contribution in [2.75, 3.05) is 19.6 Å². The quantitative estimate of drug-likeness (QED) is 0.757. The third kappa shape index (κ3) is 5.27. The fourth-order valence-corrected chi connectivity index (χ4v) is 4.17. The fourth-order valence-electron chi connectivity index (χ4n) is 4.17. The van der Waals surface area contributed by atoms with Gasteiger partial charge in [0.05, 0.1) is 12.1 Å². The van der Waals surface area contributed by atoms with Crippen LogP contribution in [-0.4, -0.2) is 47.7 Å². The van der Waals surface area contributed by atoms with E-state index in [1.54, 1.807) is 0 Å². The van der Waals surface area contributed by atoms with Gasteiger partial charge in [0.25, 0.3) is 0 Å². The number of β-amino-alcohol motifs (C(OH)–C–C–N with tert-alkyl or cyclic N) is 1. The third-order valence-corrected chi connectivity index (χ3v) is 5.26. The van der Waals surface area contributed by atoms with Crippen molar-refractivity contribution in [2.24, 2.45) is 11.8 Å². The van der Waals surface area contributed by atoms with Crippen LogP contribution in [0.3, 0.4) is 0 Å². The lowest BCUT2D eigenvalue weighted by Crippen LogP contribution is -2.40. The first-order valence-electron chi connectivity index (χ1n) is 9.49. The number of amides is 1. The van der Waals surface area contributed by atoms with Crippen LogP contribution in [0.5, 0.6) is 0 Å². The maximum absolute atomic E-state index is 12.1. The van der Waals surface area contributed by atoms with Gasteiger partial charge in [-0.25, -0.2) is 0 Å². The van der Waals surface area contributed by atoms with E-state index in [-0.39, 0.29) is 11.9 Å². The molecule has 0 saturated carbocycles. The Hall–Kier alpha value is -1.43. The highest BCUT2D eigenvalue weighted by Gasteiger charge is 2.27. The number of benzene rings is 1. The fraction of sp³-hybridized carbons (Fsp3) is 0.650. The molecule has 2 saturated heterocycles. The molecule has 138 valence electrons. The van der Waals surface area contributed by atoms with Gasteiger partial charge >= 0.3 is 0 Å². The van der Waals surface area contributed by atoms with E-state index in [9.17, 15) is 9.90 Å². The van der Waals surface area contributed by atoms with Gasteiger partial charge in [-0.3, -0.25) is 9.69 Å². The highest BCUT2D eigenvalue weighted by Crippen LogP contribution is 2.22. The molecular weight excluding hydrogens is 314 g/mol. The van der Waals surface area contributed by atoms with Gasteiger partial charge in [0.15, 0.2) is 0 Å². The molecule has 4 atom stereocenters. The molecule has 1 aromatic rings. The lowest BCUT2D eigenvalue weighted by Gasteiger charge is -2.35. The first-order valence-corrected chi connectivity index (χ1v) is 9.49. The van der Waals surface area contributed by atoms with Gasteiger partial charge in [0.2, 0.25) is 5.91 Å². The van der Waals surface area contributed by atoms with Crippen molar-refractivity contribution in [2.45, 2.75) is 51.9 Å². The standard InChI is InChI=1S/C20H31N3O2/c1-14-7-15(2)12-23(11-14)13-17-5-3-16(4-6-17)9-22-20(25)19-8-18(24)10-21-19/h3-6,14-15,18-19,21,24H,7-13H2,1-2H3,(H,22,25). The van der Waals surface area contributed by atoms with Crippen molar-refractivity contribution in [1.29, 1.82) is 0 Å². The molecule has 0 bridgehead atoms. The van der Waals surface area contributed by atoms with E-state index >= 15 is 0 Å². The van der Waals surface area contributed by atoms with Crippen molar-refractivity contribution in [1.82, 2.24) is 15.5 Å². The van der Waals surface area contributed by atoms with Gasteiger partial charge in [-0.15, -0.1) is 0 Å². The van der Waals surface area contributed by atoms with Crippen molar-refractivity contribution in [3.63, 3.8) is 0 Å². The van der Waals surface area contributed by atoms with Gasteiger partial charge in [0.1, 0.15) is 0 Å². The summed E-state index contributed by atoms with van der Waals surface area (Å²) in [5.41, 5.74) is 2.44. The summed E-state index contributed by atoms with van der Waals surface area (Å²) in [5.74, 6) is 1.53. The molecule has 25 heavy (non-hydrogen) atoms. The van der Waals surface area contributed by atoms with Gasteiger partial charge in [-0.2, -0.15) is 0 Å². The molecule has 5 nitrogen and oxygen atoms in total. The van der Waals surface area contributed by atoms with E-state index in [1.165, 1.54) is 25.1 Å². The van der Waals surface area contributed by atoms with Crippen LogP contribution in [-0.2, 0) is 17.9 Å². The number of nitrogens with one attached hydrogen (secondary N) is 2. The number of nitrogens with zero attached hydrogens (tertiary/aromatic N) is 1. The summed E-state index contributed by atoms with van der Waals surface area (Å²) in [5, 5.41) is 15.5. The zero-order chi connectivity index (χ0) is 17.8. The van der Waals surface area contributed by atoms with Crippen molar-refractivity contribution in [3.8, 4) is 0 Å². The Morgan fingerprint density at radius 3 is 2.40 bits per heavy atom. The van der Waals surface area contributed by atoms with E-state index in [0.29, 0.717) is 19.5 Å². The number of aliphatic hydroxyl groups is 1. The molecule has 0 radical (unpaired) electrons. The second-order valence-corrected chi connectivity index (χ2v) is 8.02. The molecule has 2 aliphatic rings. The van der Waals surface area contributed by atoms with Crippen molar-refractivity contribution >= 4 is 5.91 Å². The monoisotopic (exact) mass is 345 g/mol. The SMILES string of the molecule is CC1CC(C)CN(Cc2ccc(CNC(=O)C3CC(O)CN3)cc2)C1. The predicted molar refractivity (Wildman–Crippen MR) is 98.9 cm³/mol. The lowest BCUT2D eigenvalue weighted by atomic mass is 9.91. The second-order valence-electron chi connectivity index (χ2n) is 8.02. The summed E-state index contributed by atoms with van der Waals surface area (Å²) in [7, 11) is 0. The minimum absolute atomic E-state index is 0.0306. The maximum atomic E-state index is 12.1. The molecule has 0 aromatic heterocycles. The number of hydrogen-bond donors (Lipinski definition) is 3. The summed E-state index contributed by atoms with van der Waals surface area (Å²) >= 11 is 0. The number of hydrogen-bond acceptors (Lipinski definition) is 4. The number of aliphatic hydroxyl groups excluding tert-OH is 1.